The molecule has 152 valence electrons. The zero-order valence-corrected chi connectivity index (χ0v) is 16.7. The van der Waals surface area contributed by atoms with Gasteiger partial charge in [-0.3, -0.25) is 4.79 Å². The van der Waals surface area contributed by atoms with E-state index >= 15 is 0 Å². The number of hydrogen-bond donors (Lipinski definition) is 2. The fraction of sp³-hybridized carbons (Fsp3) is 0.500. The highest BCUT2D eigenvalue weighted by Crippen LogP contribution is 2.23. The molecule has 2 aromatic rings. The van der Waals surface area contributed by atoms with E-state index in [0.717, 1.165) is 11.1 Å². The summed E-state index contributed by atoms with van der Waals surface area (Å²) in [7, 11) is -3.67. The molecule has 3 rings (SSSR count). The Bertz CT molecular complexity index is 955. The van der Waals surface area contributed by atoms with Gasteiger partial charge in [-0.2, -0.15) is 0 Å². The van der Waals surface area contributed by atoms with E-state index in [1.165, 1.54) is 0 Å². The first kappa shape index (κ1) is 20.4. The molecule has 0 spiro atoms. The summed E-state index contributed by atoms with van der Waals surface area (Å²) in [6.45, 7) is 4.40. The van der Waals surface area contributed by atoms with Crippen LogP contribution in [0.5, 0.6) is 0 Å². The first-order valence-electron chi connectivity index (χ1n) is 9.11. The summed E-state index contributed by atoms with van der Waals surface area (Å²) in [6.07, 6.45) is 0.522. The molecule has 0 saturated heterocycles. The van der Waals surface area contributed by atoms with Gasteiger partial charge in [0.15, 0.2) is 0 Å². The van der Waals surface area contributed by atoms with E-state index in [0.29, 0.717) is 37.3 Å². The van der Waals surface area contributed by atoms with Crippen LogP contribution < -0.4 is 4.72 Å². The van der Waals surface area contributed by atoms with Crippen molar-refractivity contribution in [3.8, 4) is 0 Å². The summed E-state index contributed by atoms with van der Waals surface area (Å²) >= 11 is 0. The minimum absolute atomic E-state index is 0.101. The average molecular weight is 408 g/mol. The van der Waals surface area contributed by atoms with Gasteiger partial charge in [-0.25, -0.2) is 17.8 Å². The molecular weight excluding hydrogens is 384 g/mol. The maximum Gasteiger partial charge on any atom is 0.240 e. The Kier molecular flexibility index (Phi) is 6.11. The predicted molar refractivity (Wildman–Crippen MR) is 99.8 cm³/mol. The van der Waals surface area contributed by atoms with E-state index in [-0.39, 0.29) is 23.8 Å². The largest absolute Gasteiger partial charge is 0.393 e. The van der Waals surface area contributed by atoms with Gasteiger partial charge in [-0.15, -0.1) is 0 Å². The third-order valence-corrected chi connectivity index (χ3v) is 6.23. The standard InChI is InChI=1S/C18H24N4O5S/c1-12(23)5-7-19-28(25,26)16-4-3-14-6-8-22(11-15(14)9-16)18(24)10-17-13(2)20-27-21-17/h3-4,9,12,19,23H,5-8,10-11H2,1-2H3. The predicted octanol–water partition coefficient (Wildman–Crippen LogP) is 0.555. The van der Waals surface area contributed by atoms with Crippen molar-refractivity contribution >= 4 is 15.9 Å². The summed E-state index contributed by atoms with van der Waals surface area (Å²) in [6, 6.07) is 4.99. The van der Waals surface area contributed by atoms with Gasteiger partial charge in [0.25, 0.3) is 0 Å². The van der Waals surface area contributed by atoms with Crippen molar-refractivity contribution in [1.82, 2.24) is 19.9 Å². The van der Waals surface area contributed by atoms with Crippen molar-refractivity contribution in [3.63, 3.8) is 0 Å². The second kappa shape index (κ2) is 8.38. The Morgan fingerprint density at radius 2 is 2.14 bits per heavy atom. The fourth-order valence-electron chi connectivity index (χ4n) is 3.06. The lowest BCUT2D eigenvalue weighted by Gasteiger charge is -2.29. The Morgan fingerprint density at radius 3 is 2.82 bits per heavy atom. The highest BCUT2D eigenvalue weighted by Gasteiger charge is 2.24. The molecule has 1 aliphatic heterocycles. The Morgan fingerprint density at radius 1 is 1.36 bits per heavy atom. The molecule has 2 N–H and O–H groups in total. The Hall–Kier alpha value is -2.30. The van der Waals surface area contributed by atoms with E-state index in [9.17, 15) is 18.3 Å². The number of rotatable bonds is 7. The Balaban J connectivity index is 1.71. The van der Waals surface area contributed by atoms with Crippen LogP contribution in [0.2, 0.25) is 0 Å². The van der Waals surface area contributed by atoms with Crippen molar-refractivity contribution < 1.29 is 22.9 Å². The number of nitrogens with one attached hydrogen (secondary N) is 1. The van der Waals surface area contributed by atoms with E-state index in [1.54, 1.807) is 36.9 Å². The summed E-state index contributed by atoms with van der Waals surface area (Å²) in [5.74, 6) is -0.104. The number of carbonyl (C=O) groups excluding carboxylic acids is 1. The van der Waals surface area contributed by atoms with Gasteiger partial charge in [0.2, 0.25) is 15.9 Å². The van der Waals surface area contributed by atoms with E-state index in [1.807, 2.05) is 0 Å². The number of hydrogen-bond acceptors (Lipinski definition) is 7. The quantitative estimate of drug-likeness (QED) is 0.685. The smallest absolute Gasteiger partial charge is 0.240 e. The molecule has 0 aliphatic carbocycles. The Labute approximate surface area is 163 Å². The number of aliphatic hydroxyl groups is 1. The maximum absolute atomic E-state index is 12.6. The molecular formula is C18H24N4O5S. The second-order valence-electron chi connectivity index (χ2n) is 7.00. The molecule has 9 nitrogen and oxygen atoms in total. The number of sulfonamides is 1. The SMILES string of the molecule is Cc1nonc1CC(=O)N1CCc2ccc(S(=O)(=O)NCCC(C)O)cc2C1. The van der Waals surface area contributed by atoms with Crippen LogP contribution in [0.15, 0.2) is 27.7 Å². The van der Waals surface area contributed by atoms with Crippen LogP contribution >= 0.6 is 0 Å². The molecule has 1 amide bonds. The summed E-state index contributed by atoms with van der Waals surface area (Å²) in [5, 5.41) is 16.7. The monoisotopic (exact) mass is 408 g/mol. The number of fused-ring (bicyclic) bond motifs is 1. The molecule has 28 heavy (non-hydrogen) atoms. The van der Waals surface area contributed by atoms with Crippen molar-refractivity contribution in [3.05, 3.63) is 40.7 Å². The van der Waals surface area contributed by atoms with Crippen LogP contribution in [-0.2, 0) is 34.2 Å². The van der Waals surface area contributed by atoms with Gasteiger partial charge in [-0.1, -0.05) is 16.4 Å². The number of aromatic nitrogens is 2. The molecule has 1 aliphatic rings. The van der Waals surface area contributed by atoms with E-state index in [4.69, 9.17) is 0 Å². The van der Waals surface area contributed by atoms with Gasteiger partial charge in [0, 0.05) is 19.6 Å². The zero-order chi connectivity index (χ0) is 20.3. The molecule has 1 aromatic heterocycles. The summed E-state index contributed by atoms with van der Waals surface area (Å²) < 4.78 is 32.0. The first-order valence-corrected chi connectivity index (χ1v) is 10.6. The molecule has 0 bridgehead atoms. The molecule has 1 atom stereocenters. The van der Waals surface area contributed by atoms with Crippen molar-refractivity contribution in [2.24, 2.45) is 0 Å². The maximum atomic E-state index is 12.6. The van der Waals surface area contributed by atoms with Crippen LogP contribution in [0.25, 0.3) is 0 Å². The van der Waals surface area contributed by atoms with Crippen molar-refractivity contribution in [1.29, 1.82) is 0 Å². The molecule has 0 saturated carbocycles. The van der Waals surface area contributed by atoms with Crippen molar-refractivity contribution in [2.45, 2.75) is 50.7 Å². The van der Waals surface area contributed by atoms with Gasteiger partial charge in [-0.05, 0) is 49.9 Å². The lowest BCUT2D eigenvalue weighted by molar-refractivity contribution is -0.131. The molecule has 0 radical (unpaired) electrons. The molecule has 0 fully saturated rings. The minimum Gasteiger partial charge on any atom is -0.393 e. The number of amides is 1. The van der Waals surface area contributed by atoms with Gasteiger partial charge >= 0.3 is 0 Å². The van der Waals surface area contributed by atoms with Crippen LogP contribution in [0, 0.1) is 6.92 Å². The molecule has 1 aromatic carbocycles. The van der Waals surface area contributed by atoms with E-state index in [2.05, 4.69) is 19.7 Å². The van der Waals surface area contributed by atoms with Gasteiger partial charge < -0.3 is 10.0 Å². The average Bonchev–Trinajstić information content (AvgIpc) is 3.05. The van der Waals surface area contributed by atoms with Crippen LogP contribution in [0.4, 0.5) is 0 Å². The third kappa shape index (κ3) is 4.75. The summed E-state index contributed by atoms with van der Waals surface area (Å²) in [5.41, 5.74) is 2.94. The fourth-order valence-corrected chi connectivity index (χ4v) is 4.16. The van der Waals surface area contributed by atoms with Crippen LogP contribution in [0.3, 0.4) is 0 Å². The summed E-state index contributed by atoms with van der Waals surface area (Å²) in [4.78, 5) is 14.4. The lowest BCUT2D eigenvalue weighted by Crippen LogP contribution is -2.37. The normalized spacial score (nSPS) is 15.3. The number of nitrogens with zero attached hydrogens (tertiary/aromatic N) is 3. The molecule has 10 heteroatoms. The zero-order valence-electron chi connectivity index (χ0n) is 15.9. The van der Waals surface area contributed by atoms with Gasteiger partial charge in [0.1, 0.15) is 11.4 Å². The third-order valence-electron chi connectivity index (χ3n) is 4.77. The highest BCUT2D eigenvalue weighted by molar-refractivity contribution is 7.89. The van der Waals surface area contributed by atoms with Crippen molar-refractivity contribution in [2.75, 3.05) is 13.1 Å². The molecule has 1 unspecified atom stereocenters. The molecule has 2 heterocycles. The first-order chi connectivity index (χ1) is 13.3. The topological polar surface area (TPSA) is 126 Å². The number of carbonyl (C=O) groups is 1. The number of aryl methyl sites for hydroxylation is 1. The second-order valence-corrected chi connectivity index (χ2v) is 8.77. The van der Waals surface area contributed by atoms with E-state index < -0.39 is 16.1 Å². The lowest BCUT2D eigenvalue weighted by atomic mass is 9.99. The number of aliphatic hydroxyl groups excluding tert-OH is 1. The van der Waals surface area contributed by atoms with Gasteiger partial charge in [0.05, 0.1) is 17.4 Å². The highest BCUT2D eigenvalue weighted by atomic mass is 32.2. The number of benzene rings is 1. The van der Waals surface area contributed by atoms with Crippen LogP contribution in [-0.4, -0.2) is 53.8 Å². The minimum atomic E-state index is -3.67. The van der Waals surface area contributed by atoms with Crippen LogP contribution in [0.1, 0.15) is 35.9 Å².